The van der Waals surface area contributed by atoms with E-state index in [0.717, 1.165) is 55.2 Å². The standard InChI is InChI=1S/C28H31F3O4/c1-26(2,33-17-27-14-18-10-19(15-27)12-20(11-18)16-27)35-24-13-21(8-9-23(24)28(29,30)31)25(32)34-22-6-4-3-5-7-22/h3-9,13,18-20H,10-12,14-17H2,1-2H3. The van der Waals surface area contributed by atoms with Gasteiger partial charge in [0.05, 0.1) is 17.7 Å². The van der Waals surface area contributed by atoms with Gasteiger partial charge in [-0.3, -0.25) is 0 Å². The molecule has 6 rings (SSSR count). The lowest BCUT2D eigenvalue weighted by molar-refractivity contribution is -0.203. The number of hydrogen-bond acceptors (Lipinski definition) is 4. The first-order valence-corrected chi connectivity index (χ1v) is 12.3. The zero-order chi connectivity index (χ0) is 24.8. The molecular weight excluding hydrogens is 457 g/mol. The smallest absolute Gasteiger partial charge is 0.419 e. The van der Waals surface area contributed by atoms with Crippen molar-refractivity contribution in [1.82, 2.24) is 0 Å². The van der Waals surface area contributed by atoms with E-state index in [1.807, 2.05) is 0 Å². The number of hydrogen-bond donors (Lipinski definition) is 0. The summed E-state index contributed by atoms with van der Waals surface area (Å²) < 4.78 is 58.6. The van der Waals surface area contributed by atoms with Crippen LogP contribution in [-0.2, 0) is 10.9 Å². The number of para-hydroxylation sites is 1. The average molecular weight is 489 g/mol. The van der Waals surface area contributed by atoms with Gasteiger partial charge in [0.2, 0.25) is 5.79 Å². The van der Waals surface area contributed by atoms with E-state index in [-0.39, 0.29) is 11.0 Å². The highest BCUT2D eigenvalue weighted by Gasteiger charge is 2.51. The van der Waals surface area contributed by atoms with Crippen molar-refractivity contribution < 1.29 is 32.2 Å². The molecule has 0 saturated heterocycles. The molecule has 0 N–H and O–H groups in total. The van der Waals surface area contributed by atoms with E-state index in [2.05, 4.69) is 0 Å². The maximum atomic E-state index is 13.8. The van der Waals surface area contributed by atoms with Crippen LogP contribution in [-0.4, -0.2) is 18.4 Å². The fourth-order valence-electron chi connectivity index (χ4n) is 6.71. The summed E-state index contributed by atoms with van der Waals surface area (Å²) in [5, 5.41) is 0. The summed E-state index contributed by atoms with van der Waals surface area (Å²) in [4.78, 5) is 12.6. The zero-order valence-electron chi connectivity index (χ0n) is 20.1. The molecule has 0 unspecified atom stereocenters. The second kappa shape index (κ2) is 8.84. The van der Waals surface area contributed by atoms with Crippen LogP contribution in [0.1, 0.15) is 68.3 Å². The maximum Gasteiger partial charge on any atom is 0.419 e. The van der Waals surface area contributed by atoms with Gasteiger partial charge in [-0.25, -0.2) is 4.79 Å². The molecule has 0 spiro atoms. The van der Waals surface area contributed by atoms with Crippen LogP contribution in [0.5, 0.6) is 11.5 Å². The molecule has 4 saturated carbocycles. The van der Waals surface area contributed by atoms with Crippen molar-refractivity contribution in [3.05, 3.63) is 59.7 Å². The first-order valence-electron chi connectivity index (χ1n) is 12.3. The van der Waals surface area contributed by atoms with Gasteiger partial charge in [0.25, 0.3) is 0 Å². The van der Waals surface area contributed by atoms with Crippen LogP contribution in [0, 0.1) is 23.2 Å². The van der Waals surface area contributed by atoms with Gasteiger partial charge in [-0.2, -0.15) is 13.2 Å². The number of halogens is 3. The zero-order valence-corrected chi connectivity index (χ0v) is 20.1. The Bertz CT molecular complexity index is 1040. The number of rotatable bonds is 7. The maximum absolute atomic E-state index is 13.8. The molecule has 7 heteroatoms. The lowest BCUT2D eigenvalue weighted by Gasteiger charge is -2.57. The van der Waals surface area contributed by atoms with E-state index in [1.54, 1.807) is 44.2 Å². The highest BCUT2D eigenvalue weighted by Crippen LogP contribution is 2.60. The normalized spacial score (nSPS) is 27.6. The Kier molecular flexibility index (Phi) is 6.10. The third kappa shape index (κ3) is 5.35. The largest absolute Gasteiger partial charge is 0.462 e. The molecule has 4 bridgehead atoms. The molecule has 0 radical (unpaired) electrons. The van der Waals surface area contributed by atoms with E-state index < -0.39 is 29.2 Å². The van der Waals surface area contributed by atoms with Gasteiger partial charge in [-0.15, -0.1) is 0 Å². The first-order chi connectivity index (χ1) is 16.5. The van der Waals surface area contributed by atoms with Crippen molar-refractivity contribution in [3.8, 4) is 11.5 Å². The quantitative estimate of drug-likeness (QED) is 0.234. The molecule has 0 atom stereocenters. The highest BCUT2D eigenvalue weighted by atomic mass is 19.4. The SMILES string of the molecule is CC(C)(OCC12CC3CC(CC(C3)C1)C2)Oc1cc(C(=O)Oc2ccccc2)ccc1C(F)(F)F. The van der Waals surface area contributed by atoms with E-state index >= 15 is 0 Å². The summed E-state index contributed by atoms with van der Waals surface area (Å²) in [6.45, 7) is 3.73. The van der Waals surface area contributed by atoms with Gasteiger partial charge in [0.1, 0.15) is 11.5 Å². The second-order valence-electron chi connectivity index (χ2n) is 11.1. The lowest BCUT2D eigenvalue weighted by atomic mass is 9.50. The number of carbonyl (C=O) groups excluding carboxylic acids is 1. The number of esters is 1. The van der Waals surface area contributed by atoms with Crippen molar-refractivity contribution in [2.45, 2.75) is 64.3 Å². The Balaban J connectivity index is 1.32. The molecule has 4 fully saturated rings. The van der Waals surface area contributed by atoms with Crippen molar-refractivity contribution in [3.63, 3.8) is 0 Å². The van der Waals surface area contributed by atoms with Crippen LogP contribution in [0.3, 0.4) is 0 Å². The summed E-state index contributed by atoms with van der Waals surface area (Å²) in [6, 6.07) is 11.4. The van der Waals surface area contributed by atoms with Crippen LogP contribution in [0.4, 0.5) is 13.2 Å². The van der Waals surface area contributed by atoms with E-state index in [1.165, 1.54) is 19.3 Å². The molecule has 0 aromatic heterocycles. The molecule has 35 heavy (non-hydrogen) atoms. The molecule has 4 aliphatic carbocycles. The minimum absolute atomic E-state index is 0.0336. The fraction of sp³-hybridized carbons (Fsp3) is 0.536. The molecule has 0 amide bonds. The van der Waals surface area contributed by atoms with Gasteiger partial charge in [0.15, 0.2) is 0 Å². The Hall–Kier alpha value is -2.54. The Morgan fingerprint density at radius 3 is 2.11 bits per heavy atom. The molecule has 2 aromatic carbocycles. The molecule has 188 valence electrons. The predicted octanol–water partition coefficient (Wildman–Crippen LogP) is 7.27. The van der Waals surface area contributed by atoms with Crippen LogP contribution in [0.15, 0.2) is 48.5 Å². The molecule has 0 heterocycles. The van der Waals surface area contributed by atoms with Crippen molar-refractivity contribution in [2.75, 3.05) is 6.61 Å². The summed E-state index contributed by atoms with van der Waals surface area (Å²) in [5.74, 6) is 0.0384. The lowest BCUT2D eigenvalue weighted by Crippen LogP contribution is -2.49. The molecule has 0 aliphatic heterocycles. The summed E-state index contributed by atoms with van der Waals surface area (Å²) in [6.07, 6.45) is 2.66. The van der Waals surface area contributed by atoms with Crippen LogP contribution < -0.4 is 9.47 Å². The summed E-state index contributed by atoms with van der Waals surface area (Å²) in [5.41, 5.74) is -0.891. The van der Waals surface area contributed by atoms with Crippen molar-refractivity contribution in [2.24, 2.45) is 23.2 Å². The van der Waals surface area contributed by atoms with Crippen LogP contribution in [0.2, 0.25) is 0 Å². The summed E-state index contributed by atoms with van der Waals surface area (Å²) in [7, 11) is 0. The molecular formula is C28H31F3O4. The molecule has 4 nitrogen and oxygen atoms in total. The first kappa shape index (κ1) is 24.2. The van der Waals surface area contributed by atoms with Crippen molar-refractivity contribution >= 4 is 5.97 Å². The van der Waals surface area contributed by atoms with Gasteiger partial charge in [0, 0.05) is 13.8 Å². The molecule has 4 aliphatic rings. The average Bonchev–Trinajstić information content (AvgIpc) is 2.77. The van der Waals surface area contributed by atoms with E-state index in [0.29, 0.717) is 12.4 Å². The Morgan fingerprint density at radius 2 is 1.54 bits per heavy atom. The van der Waals surface area contributed by atoms with Crippen LogP contribution >= 0.6 is 0 Å². The monoisotopic (exact) mass is 488 g/mol. The minimum Gasteiger partial charge on any atom is -0.462 e. The van der Waals surface area contributed by atoms with Gasteiger partial charge >= 0.3 is 12.1 Å². The number of carbonyl (C=O) groups is 1. The third-order valence-corrected chi connectivity index (χ3v) is 7.72. The van der Waals surface area contributed by atoms with E-state index in [9.17, 15) is 18.0 Å². The van der Waals surface area contributed by atoms with Crippen LogP contribution in [0.25, 0.3) is 0 Å². The molecule has 2 aromatic rings. The highest BCUT2D eigenvalue weighted by molar-refractivity contribution is 5.91. The number of benzene rings is 2. The number of alkyl halides is 3. The number of ether oxygens (including phenoxy) is 3. The Labute approximate surface area is 203 Å². The van der Waals surface area contributed by atoms with Gasteiger partial charge in [-0.05, 0) is 92.0 Å². The topological polar surface area (TPSA) is 44.8 Å². The fourth-order valence-corrected chi connectivity index (χ4v) is 6.71. The van der Waals surface area contributed by atoms with E-state index in [4.69, 9.17) is 14.2 Å². The van der Waals surface area contributed by atoms with Gasteiger partial charge < -0.3 is 14.2 Å². The minimum atomic E-state index is -4.65. The van der Waals surface area contributed by atoms with Crippen molar-refractivity contribution in [1.29, 1.82) is 0 Å². The predicted molar refractivity (Wildman–Crippen MR) is 124 cm³/mol. The third-order valence-electron chi connectivity index (χ3n) is 7.72. The second-order valence-corrected chi connectivity index (χ2v) is 11.1. The summed E-state index contributed by atoms with van der Waals surface area (Å²) >= 11 is 0. The Morgan fingerprint density at radius 1 is 0.943 bits per heavy atom. The van der Waals surface area contributed by atoms with Gasteiger partial charge in [-0.1, -0.05) is 18.2 Å².